The number of anilines is 2. The zero-order valence-electron chi connectivity index (χ0n) is 17.9. The standard InChI is InChI=1S/C24H23F3N4OS/c25-24(26,27)10-17-8-18-21(28-13-29-22(18)33-17)31-11-23(12-31)4-3-15(9-23)5-14-1-2-19-16(6-14)7-20(32)30-19/h1-2,6,8,13,15H,3-5,7,9-12H2,(H,30,32). The summed E-state index contributed by atoms with van der Waals surface area (Å²) in [6.07, 6.45) is 1.28. The molecule has 2 aromatic heterocycles. The number of alkyl halides is 3. The first-order valence-electron chi connectivity index (χ1n) is 11.2. The molecular weight excluding hydrogens is 449 g/mol. The van der Waals surface area contributed by atoms with Crippen LogP contribution in [0.2, 0.25) is 0 Å². The van der Waals surface area contributed by atoms with Gasteiger partial charge in [0.1, 0.15) is 17.0 Å². The number of benzene rings is 1. The smallest absolute Gasteiger partial charge is 0.355 e. The van der Waals surface area contributed by atoms with E-state index in [9.17, 15) is 18.0 Å². The zero-order chi connectivity index (χ0) is 22.8. The molecule has 2 aliphatic heterocycles. The minimum Gasteiger partial charge on any atom is -0.355 e. The van der Waals surface area contributed by atoms with Crippen LogP contribution in [0.25, 0.3) is 10.2 Å². The number of nitrogens with one attached hydrogen (secondary N) is 1. The highest BCUT2D eigenvalue weighted by Crippen LogP contribution is 2.51. The van der Waals surface area contributed by atoms with Gasteiger partial charge >= 0.3 is 6.18 Å². The van der Waals surface area contributed by atoms with Gasteiger partial charge in [-0.1, -0.05) is 12.1 Å². The lowest BCUT2D eigenvalue weighted by Gasteiger charge is -2.49. The van der Waals surface area contributed by atoms with Crippen LogP contribution in [-0.4, -0.2) is 35.1 Å². The number of hydrogen-bond acceptors (Lipinski definition) is 5. The predicted molar refractivity (Wildman–Crippen MR) is 122 cm³/mol. The van der Waals surface area contributed by atoms with E-state index in [0.717, 1.165) is 66.1 Å². The van der Waals surface area contributed by atoms with E-state index in [1.165, 1.54) is 18.3 Å². The van der Waals surface area contributed by atoms with Gasteiger partial charge in [-0.3, -0.25) is 4.79 Å². The summed E-state index contributed by atoms with van der Waals surface area (Å²) >= 11 is 1.10. The summed E-state index contributed by atoms with van der Waals surface area (Å²) < 4.78 is 38.5. The Morgan fingerprint density at radius 3 is 2.88 bits per heavy atom. The van der Waals surface area contributed by atoms with Crippen LogP contribution in [-0.2, 0) is 24.1 Å². The van der Waals surface area contributed by atoms with Crippen LogP contribution in [0.4, 0.5) is 24.7 Å². The first-order valence-corrected chi connectivity index (χ1v) is 12.0. The van der Waals surface area contributed by atoms with Crippen molar-refractivity contribution in [2.24, 2.45) is 11.3 Å². The SMILES string of the molecule is O=C1Cc2cc(CC3CCC4(C3)CN(c3ncnc5sc(CC(F)(F)F)cc35)C4)ccc2N1. The molecule has 1 saturated heterocycles. The molecule has 1 N–H and O–H groups in total. The van der Waals surface area contributed by atoms with E-state index >= 15 is 0 Å². The highest BCUT2D eigenvalue weighted by Gasteiger charge is 2.48. The van der Waals surface area contributed by atoms with Crippen molar-refractivity contribution >= 4 is 39.0 Å². The van der Waals surface area contributed by atoms with E-state index < -0.39 is 12.6 Å². The molecule has 1 atom stereocenters. The zero-order valence-corrected chi connectivity index (χ0v) is 18.7. The molecule has 1 unspecified atom stereocenters. The summed E-state index contributed by atoms with van der Waals surface area (Å²) in [5.41, 5.74) is 3.58. The van der Waals surface area contributed by atoms with Crippen molar-refractivity contribution in [1.29, 1.82) is 0 Å². The van der Waals surface area contributed by atoms with Crippen molar-refractivity contribution in [2.75, 3.05) is 23.3 Å². The maximum Gasteiger partial charge on any atom is 0.393 e. The van der Waals surface area contributed by atoms with Gasteiger partial charge in [-0.05, 0) is 54.9 Å². The summed E-state index contributed by atoms with van der Waals surface area (Å²) in [6, 6.07) is 7.91. The topological polar surface area (TPSA) is 58.1 Å². The molecule has 1 amide bonds. The molecule has 3 aromatic rings. The van der Waals surface area contributed by atoms with Crippen molar-refractivity contribution in [3.05, 3.63) is 46.6 Å². The van der Waals surface area contributed by atoms with Gasteiger partial charge in [-0.2, -0.15) is 13.2 Å². The molecule has 1 aliphatic carbocycles. The Bertz CT molecular complexity index is 1250. The first kappa shape index (κ1) is 20.9. The van der Waals surface area contributed by atoms with Gasteiger partial charge < -0.3 is 10.2 Å². The van der Waals surface area contributed by atoms with Crippen LogP contribution in [0, 0.1) is 11.3 Å². The van der Waals surface area contributed by atoms with Crippen molar-refractivity contribution in [3.63, 3.8) is 0 Å². The predicted octanol–water partition coefficient (Wildman–Crippen LogP) is 5.14. The summed E-state index contributed by atoms with van der Waals surface area (Å²) in [5, 5.41) is 3.61. The summed E-state index contributed by atoms with van der Waals surface area (Å²) in [7, 11) is 0. The monoisotopic (exact) mass is 472 g/mol. The Morgan fingerprint density at radius 2 is 2.06 bits per heavy atom. The van der Waals surface area contributed by atoms with Crippen LogP contribution in [0.1, 0.15) is 35.3 Å². The largest absolute Gasteiger partial charge is 0.393 e. The lowest BCUT2D eigenvalue weighted by molar-refractivity contribution is -0.126. The molecule has 0 radical (unpaired) electrons. The van der Waals surface area contributed by atoms with Crippen molar-refractivity contribution in [2.45, 2.75) is 44.7 Å². The highest BCUT2D eigenvalue weighted by molar-refractivity contribution is 7.18. The average Bonchev–Trinajstić information content (AvgIpc) is 3.40. The fourth-order valence-electron chi connectivity index (χ4n) is 5.87. The molecule has 9 heteroatoms. The third-order valence-corrected chi connectivity index (χ3v) is 8.25. The highest BCUT2D eigenvalue weighted by atomic mass is 32.1. The van der Waals surface area contributed by atoms with Crippen molar-refractivity contribution < 1.29 is 18.0 Å². The number of halogens is 3. The molecule has 33 heavy (non-hydrogen) atoms. The fourth-order valence-corrected chi connectivity index (χ4v) is 6.90. The molecule has 4 heterocycles. The minimum atomic E-state index is -4.22. The van der Waals surface area contributed by atoms with Gasteiger partial charge in [0.05, 0.1) is 18.2 Å². The Labute approximate surface area is 193 Å². The van der Waals surface area contributed by atoms with E-state index in [2.05, 4.69) is 32.3 Å². The maximum absolute atomic E-state index is 12.8. The van der Waals surface area contributed by atoms with E-state index in [1.54, 1.807) is 6.07 Å². The van der Waals surface area contributed by atoms with E-state index in [-0.39, 0.29) is 16.2 Å². The maximum atomic E-state index is 12.8. The molecule has 6 rings (SSSR count). The number of thiophene rings is 1. The number of fused-ring (bicyclic) bond motifs is 2. The van der Waals surface area contributed by atoms with Crippen LogP contribution < -0.4 is 10.2 Å². The normalized spacial score (nSPS) is 21.5. The van der Waals surface area contributed by atoms with Crippen molar-refractivity contribution in [3.8, 4) is 0 Å². The number of carbonyl (C=O) groups excluding carboxylic acids is 1. The quantitative estimate of drug-likeness (QED) is 0.571. The molecule has 1 spiro atoms. The Balaban J connectivity index is 1.12. The van der Waals surface area contributed by atoms with Gasteiger partial charge in [0.2, 0.25) is 5.91 Å². The number of hydrogen-bond donors (Lipinski definition) is 1. The Hall–Kier alpha value is -2.68. The lowest BCUT2D eigenvalue weighted by Crippen LogP contribution is -2.55. The number of carbonyl (C=O) groups is 1. The summed E-state index contributed by atoms with van der Waals surface area (Å²) in [6.45, 7) is 1.78. The van der Waals surface area contributed by atoms with Crippen LogP contribution in [0.15, 0.2) is 30.6 Å². The molecule has 1 aromatic carbocycles. The van der Waals surface area contributed by atoms with Crippen molar-refractivity contribution in [1.82, 2.24) is 9.97 Å². The first-order chi connectivity index (χ1) is 15.8. The number of aromatic nitrogens is 2. The van der Waals surface area contributed by atoms with Gasteiger partial charge in [0.15, 0.2) is 0 Å². The molecule has 1 saturated carbocycles. The molecule has 172 valence electrons. The van der Waals surface area contributed by atoms with Gasteiger partial charge in [-0.15, -0.1) is 11.3 Å². The summed E-state index contributed by atoms with van der Waals surface area (Å²) in [5.74, 6) is 1.43. The second-order valence-electron chi connectivity index (χ2n) is 9.81. The van der Waals surface area contributed by atoms with Crippen LogP contribution >= 0.6 is 11.3 Å². The van der Waals surface area contributed by atoms with Crippen LogP contribution in [0.3, 0.4) is 0 Å². The van der Waals surface area contributed by atoms with Gasteiger partial charge in [-0.25, -0.2) is 9.97 Å². The van der Waals surface area contributed by atoms with Gasteiger partial charge in [0, 0.05) is 29.1 Å². The molecule has 0 bridgehead atoms. The lowest BCUT2D eigenvalue weighted by atomic mass is 9.77. The number of rotatable bonds is 4. The molecule has 3 aliphatic rings. The van der Waals surface area contributed by atoms with Crippen LogP contribution in [0.5, 0.6) is 0 Å². The molecule has 2 fully saturated rings. The van der Waals surface area contributed by atoms with E-state index in [0.29, 0.717) is 17.2 Å². The van der Waals surface area contributed by atoms with E-state index in [4.69, 9.17) is 0 Å². The third-order valence-electron chi connectivity index (χ3n) is 7.21. The number of amides is 1. The number of nitrogens with zero attached hydrogens (tertiary/aromatic N) is 3. The second-order valence-corrected chi connectivity index (χ2v) is 10.9. The Morgan fingerprint density at radius 1 is 1.21 bits per heavy atom. The second kappa shape index (κ2) is 7.41. The van der Waals surface area contributed by atoms with Gasteiger partial charge in [0.25, 0.3) is 0 Å². The fraction of sp³-hybridized carbons (Fsp3) is 0.458. The average molecular weight is 473 g/mol. The summed E-state index contributed by atoms with van der Waals surface area (Å²) in [4.78, 5) is 23.3. The molecule has 5 nitrogen and oxygen atoms in total. The Kier molecular flexibility index (Phi) is 4.69. The van der Waals surface area contributed by atoms with E-state index in [1.807, 2.05) is 6.07 Å². The third kappa shape index (κ3) is 3.96. The minimum absolute atomic E-state index is 0.0616. The molecular formula is C24H23F3N4OS.